The van der Waals surface area contributed by atoms with Gasteiger partial charge in [-0.2, -0.15) is 0 Å². The number of methoxy groups -OCH3 is 2. The second kappa shape index (κ2) is 10.1. The number of hydrogen-bond donors (Lipinski definition) is 1. The first-order valence-corrected chi connectivity index (χ1v) is 10.5. The fraction of sp³-hybridized carbons (Fsp3) is 0.250. The molecule has 0 saturated heterocycles. The predicted octanol–water partition coefficient (Wildman–Crippen LogP) is 4.86. The van der Waals surface area contributed by atoms with Crippen LogP contribution >= 0.6 is 11.3 Å². The van der Waals surface area contributed by atoms with Crippen molar-refractivity contribution < 1.29 is 14.3 Å². The van der Waals surface area contributed by atoms with Crippen LogP contribution in [0.4, 0.5) is 5.69 Å². The van der Waals surface area contributed by atoms with E-state index in [2.05, 4.69) is 17.2 Å². The predicted molar refractivity (Wildman–Crippen MR) is 123 cm³/mol. The van der Waals surface area contributed by atoms with Gasteiger partial charge in [0.15, 0.2) is 11.5 Å². The minimum absolute atomic E-state index is 0.180. The lowest BCUT2D eigenvalue weighted by Crippen LogP contribution is -2.32. The normalized spacial score (nSPS) is 11.3. The molecule has 2 aromatic carbocycles. The molecule has 156 valence electrons. The highest BCUT2D eigenvalue weighted by molar-refractivity contribution is 7.15. The molecule has 1 amide bonds. The number of hydrogen-bond acceptors (Lipinski definition) is 5. The number of aryl methyl sites for hydroxylation is 2. The second-order valence-electron chi connectivity index (χ2n) is 6.84. The van der Waals surface area contributed by atoms with E-state index < -0.39 is 0 Å². The van der Waals surface area contributed by atoms with E-state index in [1.807, 2.05) is 61.5 Å². The molecule has 30 heavy (non-hydrogen) atoms. The highest BCUT2D eigenvalue weighted by atomic mass is 32.1. The van der Waals surface area contributed by atoms with E-state index in [1.54, 1.807) is 25.6 Å². The molecule has 1 aromatic heterocycles. The van der Waals surface area contributed by atoms with Crippen LogP contribution in [0, 0.1) is 13.8 Å². The van der Waals surface area contributed by atoms with Crippen molar-refractivity contribution in [2.24, 2.45) is 4.99 Å². The molecule has 1 N–H and O–H groups in total. The van der Waals surface area contributed by atoms with Crippen molar-refractivity contribution in [3.05, 3.63) is 75.5 Å². The summed E-state index contributed by atoms with van der Waals surface area (Å²) in [6.45, 7) is 4.59. The van der Waals surface area contributed by atoms with E-state index in [0.717, 1.165) is 21.7 Å². The summed E-state index contributed by atoms with van der Waals surface area (Å²) in [6.07, 6.45) is 0.674. The fourth-order valence-electron chi connectivity index (χ4n) is 2.98. The molecule has 0 spiro atoms. The summed E-state index contributed by atoms with van der Waals surface area (Å²) >= 11 is 1.59. The highest BCUT2D eigenvalue weighted by Gasteiger charge is 2.17. The van der Waals surface area contributed by atoms with Gasteiger partial charge in [-0.25, -0.2) is 4.99 Å². The topological polar surface area (TPSA) is 59.9 Å². The molecule has 3 rings (SSSR count). The lowest BCUT2D eigenvalue weighted by Gasteiger charge is -2.10. The molecule has 3 aromatic rings. The fourth-order valence-corrected chi connectivity index (χ4v) is 4.00. The van der Waals surface area contributed by atoms with Crippen molar-refractivity contribution in [1.82, 2.24) is 5.32 Å². The summed E-state index contributed by atoms with van der Waals surface area (Å²) in [4.78, 5) is 19.7. The van der Waals surface area contributed by atoms with Gasteiger partial charge < -0.3 is 14.8 Å². The first-order valence-electron chi connectivity index (χ1n) is 9.72. The quantitative estimate of drug-likeness (QED) is 0.527. The number of carbonyl (C=O) groups excluding carboxylic acids is 1. The van der Waals surface area contributed by atoms with Crippen LogP contribution in [0.15, 0.2) is 59.6 Å². The van der Waals surface area contributed by atoms with Gasteiger partial charge in [-0.1, -0.05) is 24.3 Å². The van der Waals surface area contributed by atoms with Crippen LogP contribution < -0.4 is 14.8 Å². The zero-order valence-corrected chi connectivity index (χ0v) is 18.5. The van der Waals surface area contributed by atoms with E-state index in [1.165, 1.54) is 4.88 Å². The smallest absolute Gasteiger partial charge is 0.271 e. The molecule has 1 heterocycles. The Hall–Kier alpha value is -3.12. The number of nitrogens with zero attached hydrogens (tertiary/aromatic N) is 1. The summed E-state index contributed by atoms with van der Waals surface area (Å²) < 4.78 is 10.6. The SMILES string of the molecule is COc1ccc(CCNC(=O)C(=Nc2ccccc2)c2cc(C)c(C)s2)cc1OC. The van der Waals surface area contributed by atoms with Gasteiger partial charge in [0.2, 0.25) is 0 Å². The largest absolute Gasteiger partial charge is 0.493 e. The molecule has 0 aliphatic rings. The monoisotopic (exact) mass is 422 g/mol. The van der Waals surface area contributed by atoms with Crippen molar-refractivity contribution in [2.45, 2.75) is 20.3 Å². The number of para-hydroxylation sites is 1. The average molecular weight is 423 g/mol. The van der Waals surface area contributed by atoms with E-state index >= 15 is 0 Å². The minimum Gasteiger partial charge on any atom is -0.493 e. The van der Waals surface area contributed by atoms with Crippen molar-refractivity contribution in [1.29, 1.82) is 0 Å². The molecule has 0 aliphatic carbocycles. The van der Waals surface area contributed by atoms with Crippen LogP contribution in [0.25, 0.3) is 0 Å². The molecular weight excluding hydrogens is 396 g/mol. The van der Waals surface area contributed by atoms with Crippen molar-refractivity contribution >= 4 is 28.6 Å². The van der Waals surface area contributed by atoms with Gasteiger partial charge >= 0.3 is 0 Å². The number of nitrogens with one attached hydrogen (secondary N) is 1. The Labute approximate surface area is 181 Å². The van der Waals surface area contributed by atoms with E-state index in [4.69, 9.17) is 9.47 Å². The van der Waals surface area contributed by atoms with Crippen LogP contribution in [0.5, 0.6) is 11.5 Å². The van der Waals surface area contributed by atoms with Gasteiger partial charge in [-0.05, 0) is 61.7 Å². The minimum atomic E-state index is -0.180. The first-order chi connectivity index (χ1) is 14.5. The van der Waals surface area contributed by atoms with Crippen LogP contribution in [0.2, 0.25) is 0 Å². The Morgan fingerprint density at radius 2 is 1.73 bits per heavy atom. The van der Waals surface area contributed by atoms with Crippen molar-refractivity contribution in [3.8, 4) is 11.5 Å². The van der Waals surface area contributed by atoms with Gasteiger partial charge in [-0.3, -0.25) is 4.79 Å². The molecule has 0 fully saturated rings. The summed E-state index contributed by atoms with van der Waals surface area (Å²) in [7, 11) is 3.22. The molecule has 0 radical (unpaired) electrons. The molecule has 0 atom stereocenters. The standard InChI is InChI=1S/C24H26N2O3S/c1-16-14-22(30-17(16)2)23(26-19-8-6-5-7-9-19)24(27)25-13-12-18-10-11-20(28-3)21(15-18)29-4/h5-11,14-15H,12-13H2,1-4H3,(H,25,27). The van der Waals surface area contributed by atoms with E-state index in [9.17, 15) is 4.79 Å². The molecule has 6 heteroatoms. The lowest BCUT2D eigenvalue weighted by atomic mass is 10.1. The molecule has 0 aliphatic heterocycles. The van der Waals surface area contributed by atoms with E-state index in [0.29, 0.717) is 30.2 Å². The van der Waals surface area contributed by atoms with Crippen molar-refractivity contribution in [2.75, 3.05) is 20.8 Å². The van der Waals surface area contributed by atoms with Gasteiger partial charge in [0, 0.05) is 11.4 Å². The maximum absolute atomic E-state index is 13.0. The van der Waals surface area contributed by atoms with Crippen LogP contribution in [0.1, 0.15) is 20.9 Å². The Balaban J connectivity index is 1.75. The Morgan fingerprint density at radius 1 is 1.00 bits per heavy atom. The molecule has 0 bridgehead atoms. The van der Waals surface area contributed by atoms with Gasteiger partial charge in [0.05, 0.1) is 24.8 Å². The van der Waals surface area contributed by atoms with Crippen molar-refractivity contribution in [3.63, 3.8) is 0 Å². The summed E-state index contributed by atoms with van der Waals surface area (Å²) in [6, 6.07) is 17.3. The number of aliphatic imine (C=N–C) groups is 1. The molecule has 5 nitrogen and oxygen atoms in total. The third kappa shape index (κ3) is 5.27. The lowest BCUT2D eigenvalue weighted by molar-refractivity contribution is -0.114. The summed E-state index contributed by atoms with van der Waals surface area (Å²) in [5.41, 5.74) is 3.41. The zero-order chi connectivity index (χ0) is 21.5. The number of ether oxygens (including phenoxy) is 2. The number of benzene rings is 2. The van der Waals surface area contributed by atoms with Gasteiger partial charge in [0.1, 0.15) is 5.71 Å². The third-order valence-electron chi connectivity index (χ3n) is 4.76. The average Bonchev–Trinajstić information content (AvgIpc) is 3.10. The molecular formula is C24H26N2O3S. The Morgan fingerprint density at radius 3 is 2.37 bits per heavy atom. The van der Waals surface area contributed by atoms with Crippen LogP contribution in [-0.4, -0.2) is 32.4 Å². The second-order valence-corrected chi connectivity index (χ2v) is 8.10. The molecule has 0 unspecified atom stereocenters. The number of amides is 1. The number of thiophene rings is 1. The zero-order valence-electron chi connectivity index (χ0n) is 17.7. The highest BCUT2D eigenvalue weighted by Crippen LogP contribution is 2.27. The van der Waals surface area contributed by atoms with Crippen LogP contribution in [0.3, 0.4) is 0 Å². The maximum Gasteiger partial charge on any atom is 0.271 e. The Kier molecular flexibility index (Phi) is 7.25. The Bertz CT molecular complexity index is 1020. The first kappa shape index (κ1) is 21.6. The summed E-state index contributed by atoms with van der Waals surface area (Å²) in [5.74, 6) is 1.18. The number of rotatable bonds is 8. The summed E-state index contributed by atoms with van der Waals surface area (Å²) in [5, 5.41) is 3.01. The molecule has 0 saturated carbocycles. The third-order valence-corrected chi connectivity index (χ3v) is 5.92. The number of carbonyl (C=O) groups is 1. The maximum atomic E-state index is 13.0. The van der Waals surface area contributed by atoms with Crippen LogP contribution in [-0.2, 0) is 11.2 Å². The van der Waals surface area contributed by atoms with Gasteiger partial charge in [-0.15, -0.1) is 11.3 Å². The van der Waals surface area contributed by atoms with E-state index in [-0.39, 0.29) is 5.91 Å². The van der Waals surface area contributed by atoms with Gasteiger partial charge in [0.25, 0.3) is 5.91 Å².